The van der Waals surface area contributed by atoms with Gasteiger partial charge in [-0.1, -0.05) is 18.2 Å². The molecule has 0 bridgehead atoms. The first-order valence-corrected chi connectivity index (χ1v) is 8.41. The predicted molar refractivity (Wildman–Crippen MR) is 84.5 cm³/mol. The zero-order chi connectivity index (χ0) is 16.2. The van der Waals surface area contributed by atoms with E-state index in [0.717, 1.165) is 32.3 Å². The summed E-state index contributed by atoms with van der Waals surface area (Å²) in [4.78, 5) is 14.3. The van der Waals surface area contributed by atoms with Gasteiger partial charge in [-0.25, -0.2) is 4.39 Å². The van der Waals surface area contributed by atoms with E-state index in [1.807, 2.05) is 6.92 Å². The molecule has 1 aromatic carbocycles. The lowest BCUT2D eigenvalue weighted by Crippen LogP contribution is -2.38. The molecule has 1 aliphatic heterocycles. The second-order valence-electron chi connectivity index (χ2n) is 6.38. The molecule has 5 heteroatoms. The first-order valence-electron chi connectivity index (χ1n) is 8.41. The topological polar surface area (TPSA) is 38.8 Å². The fourth-order valence-corrected chi connectivity index (χ4v) is 3.18. The highest BCUT2D eigenvalue weighted by atomic mass is 19.1. The average molecular weight is 321 g/mol. The Labute approximate surface area is 136 Å². The summed E-state index contributed by atoms with van der Waals surface area (Å²) in [6.45, 7) is 3.16. The number of nitrogens with zero attached hydrogens (tertiary/aromatic N) is 1. The van der Waals surface area contributed by atoms with E-state index in [1.165, 1.54) is 6.07 Å². The quantitative estimate of drug-likeness (QED) is 0.775. The largest absolute Gasteiger partial charge is 0.376 e. The van der Waals surface area contributed by atoms with E-state index in [1.54, 1.807) is 23.1 Å². The molecular weight excluding hydrogens is 297 g/mol. The van der Waals surface area contributed by atoms with Gasteiger partial charge in [0.25, 0.3) is 0 Å². The summed E-state index contributed by atoms with van der Waals surface area (Å²) in [6.07, 6.45) is 4.13. The van der Waals surface area contributed by atoms with Crippen LogP contribution in [0.3, 0.4) is 0 Å². The molecule has 1 aromatic rings. The highest BCUT2D eigenvalue weighted by molar-refractivity contribution is 5.78. The lowest BCUT2D eigenvalue weighted by atomic mass is 10.1. The third-order valence-corrected chi connectivity index (χ3v) is 4.55. The second-order valence-corrected chi connectivity index (χ2v) is 6.38. The third kappa shape index (κ3) is 4.09. The lowest BCUT2D eigenvalue weighted by molar-refractivity contribution is -0.140. The number of hydrogen-bond acceptors (Lipinski definition) is 3. The second kappa shape index (κ2) is 7.41. The number of benzene rings is 1. The molecule has 0 N–H and O–H groups in total. The molecule has 1 amide bonds. The molecular formula is C18H24FNO3. The van der Waals surface area contributed by atoms with Crippen LogP contribution in [0.1, 0.15) is 44.2 Å². The summed E-state index contributed by atoms with van der Waals surface area (Å²) in [5.41, 5.74) is 0.562. The highest BCUT2D eigenvalue weighted by Crippen LogP contribution is 2.35. The maximum absolute atomic E-state index is 14.0. The molecule has 1 saturated heterocycles. The summed E-state index contributed by atoms with van der Waals surface area (Å²) >= 11 is 0. The minimum atomic E-state index is -0.275. The molecule has 1 saturated carbocycles. The highest BCUT2D eigenvalue weighted by Gasteiger charge is 2.36. The Bertz CT molecular complexity index is 541. The maximum atomic E-state index is 14.0. The molecule has 0 radical (unpaired) electrons. The van der Waals surface area contributed by atoms with E-state index in [-0.39, 0.29) is 36.5 Å². The smallest absolute Gasteiger partial charge is 0.249 e. The molecule has 3 rings (SSSR count). The third-order valence-electron chi connectivity index (χ3n) is 4.55. The van der Waals surface area contributed by atoms with Gasteiger partial charge < -0.3 is 14.4 Å². The molecule has 1 aliphatic carbocycles. The fraction of sp³-hybridized carbons (Fsp3) is 0.611. The minimum Gasteiger partial charge on any atom is -0.376 e. The number of ether oxygens (including phenoxy) is 2. The van der Waals surface area contributed by atoms with Crippen molar-refractivity contribution in [3.63, 3.8) is 0 Å². The molecule has 0 spiro atoms. The number of carbonyl (C=O) groups is 1. The van der Waals surface area contributed by atoms with Crippen LogP contribution < -0.4 is 0 Å². The zero-order valence-electron chi connectivity index (χ0n) is 13.5. The molecule has 0 aromatic heterocycles. The zero-order valence-corrected chi connectivity index (χ0v) is 13.5. The molecule has 2 fully saturated rings. The minimum absolute atomic E-state index is 0.0369. The number of hydrogen-bond donors (Lipinski definition) is 0. The van der Waals surface area contributed by atoms with Gasteiger partial charge in [-0.2, -0.15) is 0 Å². The Morgan fingerprint density at radius 1 is 1.39 bits per heavy atom. The van der Waals surface area contributed by atoms with Crippen LogP contribution in [0.4, 0.5) is 4.39 Å². The van der Waals surface area contributed by atoms with Crippen LogP contribution in [0, 0.1) is 5.82 Å². The summed E-state index contributed by atoms with van der Waals surface area (Å²) in [5.74, 6) is -0.333. The fourth-order valence-electron chi connectivity index (χ4n) is 3.18. The molecule has 4 nitrogen and oxygen atoms in total. The maximum Gasteiger partial charge on any atom is 0.249 e. The van der Waals surface area contributed by atoms with Gasteiger partial charge in [0.15, 0.2) is 0 Å². The van der Waals surface area contributed by atoms with Crippen molar-refractivity contribution in [3.05, 3.63) is 35.6 Å². The van der Waals surface area contributed by atoms with Crippen molar-refractivity contribution >= 4 is 5.91 Å². The van der Waals surface area contributed by atoms with Gasteiger partial charge in [0.1, 0.15) is 12.4 Å². The average Bonchev–Trinajstić information content (AvgIpc) is 3.22. The first kappa shape index (κ1) is 16.4. The van der Waals surface area contributed by atoms with Gasteiger partial charge in [-0.3, -0.25) is 4.79 Å². The summed E-state index contributed by atoms with van der Waals surface area (Å²) in [6, 6.07) is 6.59. The van der Waals surface area contributed by atoms with E-state index in [4.69, 9.17) is 9.47 Å². The van der Waals surface area contributed by atoms with Crippen molar-refractivity contribution in [2.75, 3.05) is 19.8 Å². The van der Waals surface area contributed by atoms with Crippen LogP contribution in [0.25, 0.3) is 0 Å². The van der Waals surface area contributed by atoms with E-state index in [9.17, 15) is 9.18 Å². The Morgan fingerprint density at radius 2 is 2.17 bits per heavy atom. The molecule has 2 unspecified atom stereocenters. The Kier molecular flexibility index (Phi) is 5.28. The molecule has 2 aliphatic rings. The van der Waals surface area contributed by atoms with E-state index in [0.29, 0.717) is 12.2 Å². The monoisotopic (exact) mass is 321 g/mol. The van der Waals surface area contributed by atoms with Crippen molar-refractivity contribution < 1.29 is 18.7 Å². The number of amides is 1. The van der Waals surface area contributed by atoms with Gasteiger partial charge in [-0.05, 0) is 38.7 Å². The first-order chi connectivity index (χ1) is 11.2. The lowest BCUT2D eigenvalue weighted by Gasteiger charge is -2.30. The van der Waals surface area contributed by atoms with E-state index >= 15 is 0 Å². The van der Waals surface area contributed by atoms with Crippen molar-refractivity contribution in [2.45, 2.75) is 50.8 Å². The van der Waals surface area contributed by atoms with Crippen LogP contribution >= 0.6 is 0 Å². The van der Waals surface area contributed by atoms with Crippen molar-refractivity contribution in [2.24, 2.45) is 0 Å². The molecule has 1 heterocycles. The Hall–Kier alpha value is -1.46. The summed E-state index contributed by atoms with van der Waals surface area (Å²) < 4.78 is 25.1. The van der Waals surface area contributed by atoms with Gasteiger partial charge in [0, 0.05) is 18.2 Å². The SMILES string of the molecule is CC(c1ccccc1F)N(C(=O)COCC1CCCO1)C1CC1. The number of carbonyl (C=O) groups excluding carboxylic acids is 1. The van der Waals surface area contributed by atoms with E-state index < -0.39 is 0 Å². The normalized spacial score (nSPS) is 22.1. The van der Waals surface area contributed by atoms with Gasteiger partial charge in [-0.15, -0.1) is 0 Å². The molecule has 2 atom stereocenters. The Morgan fingerprint density at radius 3 is 2.83 bits per heavy atom. The van der Waals surface area contributed by atoms with Gasteiger partial charge in [0.05, 0.1) is 18.8 Å². The Balaban J connectivity index is 1.59. The molecule has 126 valence electrons. The van der Waals surface area contributed by atoms with Crippen LogP contribution in [-0.4, -0.2) is 42.8 Å². The van der Waals surface area contributed by atoms with Crippen LogP contribution in [-0.2, 0) is 14.3 Å². The standard InChI is InChI=1S/C18H24FNO3/c1-13(16-6-2-3-7-17(16)19)20(14-8-9-14)18(21)12-22-11-15-5-4-10-23-15/h2-3,6-7,13-15H,4-5,8-12H2,1H3. The van der Waals surface area contributed by atoms with Gasteiger partial charge >= 0.3 is 0 Å². The molecule has 23 heavy (non-hydrogen) atoms. The number of halogens is 1. The summed E-state index contributed by atoms with van der Waals surface area (Å²) in [7, 11) is 0. The van der Waals surface area contributed by atoms with Crippen molar-refractivity contribution in [3.8, 4) is 0 Å². The number of rotatable bonds is 7. The van der Waals surface area contributed by atoms with Crippen LogP contribution in [0.2, 0.25) is 0 Å². The van der Waals surface area contributed by atoms with E-state index in [2.05, 4.69) is 0 Å². The summed E-state index contributed by atoms with van der Waals surface area (Å²) in [5, 5.41) is 0. The van der Waals surface area contributed by atoms with Crippen LogP contribution in [0.5, 0.6) is 0 Å². The van der Waals surface area contributed by atoms with Crippen molar-refractivity contribution in [1.82, 2.24) is 4.90 Å². The van der Waals surface area contributed by atoms with Gasteiger partial charge in [0.2, 0.25) is 5.91 Å². The predicted octanol–water partition coefficient (Wildman–Crippen LogP) is 3.07. The van der Waals surface area contributed by atoms with Crippen LogP contribution in [0.15, 0.2) is 24.3 Å². The van der Waals surface area contributed by atoms with Crippen molar-refractivity contribution in [1.29, 1.82) is 0 Å².